The molecule has 0 spiro atoms. The second kappa shape index (κ2) is 7.34. The highest BCUT2D eigenvalue weighted by molar-refractivity contribution is 5.86. The van der Waals surface area contributed by atoms with Gasteiger partial charge in [-0.25, -0.2) is 0 Å². The lowest BCUT2D eigenvalue weighted by molar-refractivity contribution is -0.157. The van der Waals surface area contributed by atoms with Gasteiger partial charge in [0.2, 0.25) is 0 Å². The molecule has 1 aromatic heterocycles. The lowest BCUT2D eigenvalue weighted by Crippen LogP contribution is -2.54. The molecule has 5 nitrogen and oxygen atoms in total. The first-order valence-corrected chi connectivity index (χ1v) is 7.63. The van der Waals surface area contributed by atoms with E-state index in [0.29, 0.717) is 19.4 Å². The number of halogens is 1. The van der Waals surface area contributed by atoms with E-state index in [1.165, 1.54) is 0 Å². The molecule has 0 saturated carbocycles. The van der Waals surface area contributed by atoms with E-state index in [9.17, 15) is 4.79 Å². The second-order valence-corrected chi connectivity index (χ2v) is 5.86. The van der Waals surface area contributed by atoms with E-state index in [-0.39, 0.29) is 18.3 Å². The van der Waals surface area contributed by atoms with Crippen LogP contribution in [0, 0.1) is 0 Å². The van der Waals surface area contributed by atoms with E-state index in [4.69, 9.17) is 9.15 Å². The predicted molar refractivity (Wildman–Crippen MR) is 91.8 cm³/mol. The standard InChI is InChI=1S/C17H22N2O3.ClH/c1-19(16(20)17(21-2)7-9-18-10-8-17)12-14-11-13-5-3-4-6-15(13)22-14;/h3-6,11,18H,7-10,12H2,1-2H3;1H. The summed E-state index contributed by atoms with van der Waals surface area (Å²) < 4.78 is 11.4. The third-order valence-corrected chi connectivity index (χ3v) is 4.41. The van der Waals surface area contributed by atoms with E-state index >= 15 is 0 Å². The fraction of sp³-hybridized carbons (Fsp3) is 0.471. The molecule has 23 heavy (non-hydrogen) atoms. The number of hydrogen-bond donors (Lipinski definition) is 1. The second-order valence-electron chi connectivity index (χ2n) is 5.86. The maximum absolute atomic E-state index is 12.8. The molecule has 2 aromatic rings. The summed E-state index contributed by atoms with van der Waals surface area (Å²) in [5, 5.41) is 4.32. The first-order chi connectivity index (χ1) is 10.6. The summed E-state index contributed by atoms with van der Waals surface area (Å²) in [4.78, 5) is 14.5. The lowest BCUT2D eigenvalue weighted by Gasteiger charge is -2.37. The number of carbonyl (C=O) groups excluding carboxylic acids is 1. The third kappa shape index (κ3) is 3.52. The van der Waals surface area contributed by atoms with Crippen molar-refractivity contribution in [2.24, 2.45) is 0 Å². The maximum atomic E-state index is 12.8. The van der Waals surface area contributed by atoms with Gasteiger partial charge in [-0.2, -0.15) is 0 Å². The van der Waals surface area contributed by atoms with Crippen LogP contribution in [0.1, 0.15) is 18.6 Å². The highest BCUT2D eigenvalue weighted by Gasteiger charge is 2.41. The number of amides is 1. The molecule has 0 atom stereocenters. The van der Waals surface area contributed by atoms with E-state index in [1.807, 2.05) is 30.3 Å². The average Bonchev–Trinajstić information content (AvgIpc) is 2.96. The molecule has 1 aliphatic rings. The molecule has 1 fully saturated rings. The van der Waals surface area contributed by atoms with E-state index in [1.54, 1.807) is 19.1 Å². The Morgan fingerprint density at radius 3 is 2.70 bits per heavy atom. The van der Waals surface area contributed by atoms with Gasteiger partial charge in [0.25, 0.3) is 5.91 Å². The third-order valence-electron chi connectivity index (χ3n) is 4.41. The van der Waals surface area contributed by atoms with E-state index in [0.717, 1.165) is 29.8 Å². The van der Waals surface area contributed by atoms with Crippen molar-refractivity contribution in [2.75, 3.05) is 27.2 Å². The molecule has 0 aliphatic carbocycles. The predicted octanol–water partition coefficient (Wildman–Crippen LogP) is 2.58. The molecular weight excluding hydrogens is 316 g/mol. The van der Waals surface area contributed by atoms with Gasteiger partial charge in [0, 0.05) is 19.5 Å². The van der Waals surface area contributed by atoms with Gasteiger partial charge < -0.3 is 19.4 Å². The van der Waals surface area contributed by atoms with Crippen LogP contribution in [0.4, 0.5) is 0 Å². The van der Waals surface area contributed by atoms with Crippen molar-refractivity contribution < 1.29 is 13.9 Å². The smallest absolute Gasteiger partial charge is 0.255 e. The highest BCUT2D eigenvalue weighted by atomic mass is 35.5. The Bertz CT molecular complexity index is 632. The number of piperidine rings is 1. The molecule has 1 N–H and O–H groups in total. The molecule has 2 heterocycles. The van der Waals surface area contributed by atoms with Gasteiger partial charge in [0.1, 0.15) is 16.9 Å². The van der Waals surface area contributed by atoms with Crippen molar-refractivity contribution >= 4 is 29.3 Å². The number of nitrogens with one attached hydrogen (secondary N) is 1. The van der Waals surface area contributed by atoms with Crippen LogP contribution in [-0.2, 0) is 16.1 Å². The lowest BCUT2D eigenvalue weighted by atomic mass is 9.90. The fourth-order valence-electron chi connectivity index (χ4n) is 3.10. The van der Waals surface area contributed by atoms with Crippen LogP contribution in [0.3, 0.4) is 0 Å². The number of para-hydroxylation sites is 1. The molecule has 1 aromatic carbocycles. The Kier molecular flexibility index (Phi) is 5.68. The minimum atomic E-state index is -0.702. The van der Waals surface area contributed by atoms with Gasteiger partial charge in [0.15, 0.2) is 0 Å². The SMILES string of the molecule is COC1(C(=O)N(C)Cc2cc3ccccc3o2)CCNCC1.Cl. The molecule has 6 heteroatoms. The molecule has 126 valence electrons. The van der Waals surface area contributed by atoms with Gasteiger partial charge in [-0.3, -0.25) is 4.79 Å². The molecule has 3 rings (SSSR count). The minimum Gasteiger partial charge on any atom is -0.459 e. The molecule has 1 saturated heterocycles. The Morgan fingerprint density at radius 1 is 1.35 bits per heavy atom. The number of nitrogens with zero attached hydrogens (tertiary/aromatic N) is 1. The van der Waals surface area contributed by atoms with Crippen LogP contribution in [0.5, 0.6) is 0 Å². The van der Waals surface area contributed by atoms with Crippen molar-refractivity contribution in [2.45, 2.75) is 25.0 Å². The number of fused-ring (bicyclic) bond motifs is 1. The number of hydrogen-bond acceptors (Lipinski definition) is 4. The first-order valence-electron chi connectivity index (χ1n) is 7.63. The summed E-state index contributed by atoms with van der Waals surface area (Å²) in [7, 11) is 3.43. The molecule has 0 radical (unpaired) electrons. The Hall–Kier alpha value is -1.56. The minimum absolute atomic E-state index is 0. The normalized spacial score (nSPS) is 16.8. The monoisotopic (exact) mass is 338 g/mol. The van der Waals surface area contributed by atoms with Crippen molar-refractivity contribution in [1.82, 2.24) is 10.2 Å². The van der Waals surface area contributed by atoms with Crippen LogP contribution in [0.25, 0.3) is 11.0 Å². The summed E-state index contributed by atoms with van der Waals surface area (Å²) in [5.41, 5.74) is 0.146. The van der Waals surface area contributed by atoms with Crippen molar-refractivity contribution in [3.8, 4) is 0 Å². The topological polar surface area (TPSA) is 54.7 Å². The van der Waals surface area contributed by atoms with Crippen LogP contribution in [-0.4, -0.2) is 43.7 Å². The number of likely N-dealkylation sites (N-methyl/N-ethyl adjacent to an activating group) is 1. The molecule has 1 amide bonds. The zero-order chi connectivity index (χ0) is 15.6. The van der Waals surface area contributed by atoms with Gasteiger partial charge >= 0.3 is 0 Å². The summed E-state index contributed by atoms with van der Waals surface area (Å²) in [6.45, 7) is 2.06. The van der Waals surface area contributed by atoms with Crippen molar-refractivity contribution in [3.05, 3.63) is 36.1 Å². The van der Waals surface area contributed by atoms with Crippen molar-refractivity contribution in [3.63, 3.8) is 0 Å². The summed E-state index contributed by atoms with van der Waals surface area (Å²) in [6, 6.07) is 9.85. The van der Waals surface area contributed by atoms with Gasteiger partial charge in [-0.1, -0.05) is 18.2 Å². The molecular formula is C17H23ClN2O3. The number of furan rings is 1. The fourth-order valence-corrected chi connectivity index (χ4v) is 3.10. The van der Waals surface area contributed by atoms with Crippen LogP contribution < -0.4 is 5.32 Å². The van der Waals surface area contributed by atoms with Crippen LogP contribution in [0.15, 0.2) is 34.7 Å². The van der Waals surface area contributed by atoms with Crippen LogP contribution in [0.2, 0.25) is 0 Å². The summed E-state index contributed by atoms with van der Waals surface area (Å²) in [5.74, 6) is 0.814. The molecule has 0 bridgehead atoms. The average molecular weight is 339 g/mol. The highest BCUT2D eigenvalue weighted by Crippen LogP contribution is 2.26. The van der Waals surface area contributed by atoms with Gasteiger partial charge in [0.05, 0.1) is 6.54 Å². The maximum Gasteiger partial charge on any atom is 0.255 e. The van der Waals surface area contributed by atoms with Gasteiger partial charge in [-0.15, -0.1) is 12.4 Å². The number of methoxy groups -OCH3 is 1. The summed E-state index contributed by atoms with van der Waals surface area (Å²) in [6.07, 6.45) is 1.40. The van der Waals surface area contributed by atoms with Crippen LogP contribution >= 0.6 is 12.4 Å². The number of carbonyl (C=O) groups is 1. The quantitative estimate of drug-likeness (QED) is 0.931. The van der Waals surface area contributed by atoms with Gasteiger partial charge in [-0.05, 0) is 38.1 Å². The van der Waals surface area contributed by atoms with E-state index in [2.05, 4.69) is 5.32 Å². The zero-order valence-electron chi connectivity index (χ0n) is 13.5. The summed E-state index contributed by atoms with van der Waals surface area (Å²) >= 11 is 0. The van der Waals surface area contributed by atoms with Crippen molar-refractivity contribution in [1.29, 1.82) is 0 Å². The Balaban J connectivity index is 0.00000192. The first kappa shape index (κ1) is 17.8. The largest absolute Gasteiger partial charge is 0.459 e. The Morgan fingerprint density at radius 2 is 2.04 bits per heavy atom. The molecule has 0 unspecified atom stereocenters. The molecule has 1 aliphatic heterocycles. The Labute approximate surface area is 142 Å². The number of benzene rings is 1. The number of ether oxygens (including phenoxy) is 1. The van der Waals surface area contributed by atoms with E-state index < -0.39 is 5.60 Å². The number of rotatable bonds is 4. The zero-order valence-corrected chi connectivity index (χ0v) is 14.3.